The van der Waals surface area contributed by atoms with E-state index in [4.69, 9.17) is 10.00 Å². The van der Waals surface area contributed by atoms with E-state index in [1.165, 1.54) is 5.56 Å². The molecule has 1 fully saturated rings. The van der Waals surface area contributed by atoms with Crippen molar-refractivity contribution in [1.29, 1.82) is 5.26 Å². The molecule has 2 aromatic rings. The van der Waals surface area contributed by atoms with Crippen molar-refractivity contribution < 1.29 is 9.53 Å². The van der Waals surface area contributed by atoms with Crippen molar-refractivity contribution in [2.75, 3.05) is 26.4 Å². The smallest absolute Gasteiger partial charge is 0.161 e. The molecule has 0 atom stereocenters. The standard InChI is InChI=1S/C20H19N3O2/c21-12-18-7-4-8-20(11-18)25-16-23-10-9-22(14-19(23)15-24)13-17-5-2-1-3-6-17/h1-8,11H,9-10,13-14,16H2. The van der Waals surface area contributed by atoms with Gasteiger partial charge in [0.1, 0.15) is 17.4 Å². The normalized spacial score (nSPS) is 14.7. The van der Waals surface area contributed by atoms with E-state index in [1.807, 2.05) is 29.0 Å². The zero-order valence-corrected chi connectivity index (χ0v) is 13.9. The number of benzene rings is 2. The van der Waals surface area contributed by atoms with Crippen molar-refractivity contribution >= 4 is 5.94 Å². The maximum Gasteiger partial charge on any atom is 0.161 e. The van der Waals surface area contributed by atoms with Crippen molar-refractivity contribution in [1.82, 2.24) is 9.80 Å². The molecule has 5 heteroatoms. The highest BCUT2D eigenvalue weighted by atomic mass is 16.5. The van der Waals surface area contributed by atoms with Crippen LogP contribution < -0.4 is 4.74 Å². The molecule has 1 heterocycles. The fourth-order valence-electron chi connectivity index (χ4n) is 2.81. The molecule has 2 aromatic carbocycles. The minimum Gasteiger partial charge on any atom is -0.473 e. The van der Waals surface area contributed by atoms with Gasteiger partial charge >= 0.3 is 0 Å². The molecule has 0 spiro atoms. The minimum atomic E-state index is 0.276. The van der Waals surface area contributed by atoms with Gasteiger partial charge in [-0.1, -0.05) is 36.4 Å². The van der Waals surface area contributed by atoms with Gasteiger partial charge in [0.05, 0.1) is 11.6 Å². The Morgan fingerprint density at radius 3 is 2.68 bits per heavy atom. The molecular formula is C20H19N3O2. The lowest BCUT2D eigenvalue weighted by Gasteiger charge is -2.36. The first-order valence-corrected chi connectivity index (χ1v) is 8.16. The molecule has 0 bridgehead atoms. The second-order valence-corrected chi connectivity index (χ2v) is 5.92. The van der Waals surface area contributed by atoms with Gasteiger partial charge in [0, 0.05) is 26.2 Å². The number of piperazine rings is 1. The van der Waals surface area contributed by atoms with Crippen LogP contribution in [0.15, 0.2) is 60.3 Å². The molecule has 0 saturated carbocycles. The van der Waals surface area contributed by atoms with Gasteiger partial charge in [-0.25, -0.2) is 4.79 Å². The number of hydrogen-bond donors (Lipinski definition) is 0. The summed E-state index contributed by atoms with van der Waals surface area (Å²) in [7, 11) is 0. The van der Waals surface area contributed by atoms with E-state index < -0.39 is 0 Å². The minimum absolute atomic E-state index is 0.276. The number of ether oxygens (including phenoxy) is 1. The van der Waals surface area contributed by atoms with E-state index in [0.717, 1.165) is 13.1 Å². The summed E-state index contributed by atoms with van der Waals surface area (Å²) in [6.45, 7) is 3.20. The van der Waals surface area contributed by atoms with Gasteiger partial charge in [-0.05, 0) is 23.8 Å². The van der Waals surface area contributed by atoms with E-state index in [2.05, 4.69) is 23.1 Å². The SMILES string of the molecule is N#Cc1cccc(OCN2CCN(Cc3ccccc3)CC2=C=O)c1. The Kier molecular flexibility index (Phi) is 5.48. The number of rotatable bonds is 5. The number of carbonyl (C=O) groups excluding carboxylic acids is 1. The van der Waals surface area contributed by atoms with Gasteiger partial charge < -0.3 is 9.64 Å². The largest absolute Gasteiger partial charge is 0.473 e. The molecule has 0 N–H and O–H groups in total. The van der Waals surface area contributed by atoms with Crippen LogP contribution in [0.4, 0.5) is 0 Å². The molecule has 1 aliphatic heterocycles. The first kappa shape index (κ1) is 16.8. The monoisotopic (exact) mass is 333 g/mol. The van der Waals surface area contributed by atoms with E-state index in [0.29, 0.717) is 30.1 Å². The molecule has 0 amide bonds. The molecule has 3 rings (SSSR count). The second kappa shape index (κ2) is 8.16. The number of nitrogens with zero attached hydrogens (tertiary/aromatic N) is 3. The lowest BCUT2D eigenvalue weighted by Crippen LogP contribution is -2.45. The van der Waals surface area contributed by atoms with Gasteiger partial charge in [-0.3, -0.25) is 4.90 Å². The topological polar surface area (TPSA) is 56.6 Å². The van der Waals surface area contributed by atoms with Crippen LogP contribution in [0.2, 0.25) is 0 Å². The van der Waals surface area contributed by atoms with Crippen LogP contribution in [-0.2, 0) is 11.3 Å². The molecule has 1 aliphatic rings. The van der Waals surface area contributed by atoms with Crippen molar-refractivity contribution in [3.63, 3.8) is 0 Å². The second-order valence-electron chi connectivity index (χ2n) is 5.92. The average Bonchev–Trinajstić information content (AvgIpc) is 2.68. The number of hydrogen-bond acceptors (Lipinski definition) is 5. The molecule has 0 aromatic heterocycles. The van der Waals surface area contributed by atoms with E-state index in [9.17, 15) is 4.79 Å². The maximum absolute atomic E-state index is 11.4. The number of nitriles is 1. The summed E-state index contributed by atoms with van der Waals surface area (Å²) in [5.41, 5.74) is 2.38. The van der Waals surface area contributed by atoms with E-state index in [1.54, 1.807) is 24.3 Å². The highest BCUT2D eigenvalue weighted by Crippen LogP contribution is 2.17. The van der Waals surface area contributed by atoms with Crippen LogP contribution in [0, 0.1) is 11.3 Å². The van der Waals surface area contributed by atoms with Crippen molar-refractivity contribution in [2.24, 2.45) is 0 Å². The van der Waals surface area contributed by atoms with Crippen LogP contribution >= 0.6 is 0 Å². The Morgan fingerprint density at radius 2 is 1.92 bits per heavy atom. The third-order valence-electron chi connectivity index (χ3n) is 4.16. The van der Waals surface area contributed by atoms with Crippen LogP contribution in [0.3, 0.4) is 0 Å². The lowest BCUT2D eigenvalue weighted by molar-refractivity contribution is 0.101. The molecule has 0 aliphatic carbocycles. The molecule has 1 saturated heterocycles. The zero-order valence-electron chi connectivity index (χ0n) is 13.9. The summed E-state index contributed by atoms with van der Waals surface area (Å²) in [5.74, 6) is 2.67. The summed E-state index contributed by atoms with van der Waals surface area (Å²) in [4.78, 5) is 15.5. The van der Waals surface area contributed by atoms with Crippen LogP contribution in [-0.4, -0.2) is 42.1 Å². The third-order valence-corrected chi connectivity index (χ3v) is 4.16. The molecule has 126 valence electrons. The quantitative estimate of drug-likeness (QED) is 0.787. The first-order valence-electron chi connectivity index (χ1n) is 8.16. The van der Waals surface area contributed by atoms with Gasteiger partial charge in [-0.15, -0.1) is 0 Å². The molecule has 25 heavy (non-hydrogen) atoms. The van der Waals surface area contributed by atoms with Crippen molar-refractivity contribution in [2.45, 2.75) is 6.54 Å². The molecular weight excluding hydrogens is 314 g/mol. The Labute approximate surface area is 147 Å². The van der Waals surface area contributed by atoms with Crippen LogP contribution in [0.25, 0.3) is 0 Å². The Hall–Kier alpha value is -3.06. The third kappa shape index (κ3) is 4.48. The Balaban J connectivity index is 1.57. The Morgan fingerprint density at radius 1 is 1.08 bits per heavy atom. The fraction of sp³-hybridized carbons (Fsp3) is 0.250. The summed E-state index contributed by atoms with van der Waals surface area (Å²) in [6, 6.07) is 19.3. The van der Waals surface area contributed by atoms with Crippen molar-refractivity contribution in [3.05, 3.63) is 71.4 Å². The Bertz CT molecular complexity index is 807. The predicted octanol–water partition coefficient (Wildman–Crippen LogP) is 2.43. The summed E-state index contributed by atoms with van der Waals surface area (Å²) >= 11 is 0. The van der Waals surface area contributed by atoms with Gasteiger partial charge in [0.15, 0.2) is 6.73 Å². The molecule has 0 radical (unpaired) electrons. The van der Waals surface area contributed by atoms with Crippen molar-refractivity contribution in [3.8, 4) is 11.8 Å². The van der Waals surface area contributed by atoms with Gasteiger partial charge in [0.2, 0.25) is 0 Å². The summed E-state index contributed by atoms with van der Waals surface area (Å²) in [6.07, 6.45) is 0. The first-order chi connectivity index (χ1) is 12.3. The van der Waals surface area contributed by atoms with Gasteiger partial charge in [0.25, 0.3) is 0 Å². The lowest BCUT2D eigenvalue weighted by atomic mass is 10.2. The fourth-order valence-corrected chi connectivity index (χ4v) is 2.81. The van der Waals surface area contributed by atoms with Gasteiger partial charge in [-0.2, -0.15) is 5.26 Å². The maximum atomic E-state index is 11.4. The molecule has 0 unspecified atom stereocenters. The molecule has 5 nitrogen and oxygen atoms in total. The highest BCUT2D eigenvalue weighted by Gasteiger charge is 2.22. The summed E-state index contributed by atoms with van der Waals surface area (Å²) in [5, 5.41) is 8.93. The van der Waals surface area contributed by atoms with E-state index >= 15 is 0 Å². The summed E-state index contributed by atoms with van der Waals surface area (Å²) < 4.78 is 5.73. The zero-order chi connectivity index (χ0) is 17.5. The predicted molar refractivity (Wildman–Crippen MR) is 94.3 cm³/mol. The van der Waals surface area contributed by atoms with E-state index in [-0.39, 0.29) is 6.73 Å². The average molecular weight is 333 g/mol. The van der Waals surface area contributed by atoms with Crippen LogP contribution in [0.5, 0.6) is 5.75 Å². The highest BCUT2D eigenvalue weighted by molar-refractivity contribution is 5.52. The van der Waals surface area contributed by atoms with Crippen LogP contribution in [0.1, 0.15) is 11.1 Å².